The number of carboxylic acids is 1. The second kappa shape index (κ2) is 14.9. The average Bonchev–Trinajstić information content (AvgIpc) is 3.45. The molecule has 0 radical (unpaired) electrons. The number of hydrogen-bond acceptors (Lipinski definition) is 8. The lowest BCUT2D eigenvalue weighted by Gasteiger charge is -2.34. The van der Waals surface area contributed by atoms with Crippen LogP contribution < -0.4 is 16.4 Å². The van der Waals surface area contributed by atoms with Crippen LogP contribution in [0.3, 0.4) is 0 Å². The van der Waals surface area contributed by atoms with E-state index in [1.807, 2.05) is 24.3 Å². The van der Waals surface area contributed by atoms with E-state index in [-0.39, 0.29) is 13.0 Å². The molecule has 15 heteroatoms. The van der Waals surface area contributed by atoms with Gasteiger partial charge in [0.25, 0.3) is 0 Å². The Morgan fingerprint density at radius 1 is 1.09 bits per heavy atom. The van der Waals surface area contributed by atoms with Crippen molar-refractivity contribution in [2.24, 2.45) is 5.73 Å². The summed E-state index contributed by atoms with van der Waals surface area (Å²) in [5.74, 6) is -3.84. The van der Waals surface area contributed by atoms with E-state index in [2.05, 4.69) is 26.6 Å². The van der Waals surface area contributed by atoms with Crippen molar-refractivity contribution in [3.8, 4) is 0 Å². The van der Waals surface area contributed by atoms with E-state index in [4.69, 9.17) is 36.3 Å². The lowest BCUT2D eigenvalue weighted by Crippen LogP contribution is -2.58. The molecule has 2 aliphatic rings. The number of amides is 4. The van der Waals surface area contributed by atoms with E-state index in [1.54, 1.807) is 38.1 Å². The van der Waals surface area contributed by atoms with Crippen LogP contribution in [0.15, 0.2) is 53.0 Å². The molecule has 0 unspecified atom stereocenters. The van der Waals surface area contributed by atoms with Gasteiger partial charge in [0.05, 0.1) is 12.5 Å². The fourth-order valence-electron chi connectivity index (χ4n) is 5.38. The van der Waals surface area contributed by atoms with Crippen molar-refractivity contribution in [2.75, 3.05) is 19.0 Å². The van der Waals surface area contributed by atoms with Crippen LogP contribution in [0.25, 0.3) is 0 Å². The number of carbonyl (C=O) groups excluding carboxylic acids is 3. The van der Waals surface area contributed by atoms with Crippen molar-refractivity contribution in [1.29, 1.82) is 0 Å². The van der Waals surface area contributed by atoms with Crippen LogP contribution in [0, 0.1) is 0 Å². The van der Waals surface area contributed by atoms with Crippen LogP contribution in [0.2, 0.25) is 5.02 Å². The first-order valence-corrected chi connectivity index (χ1v) is 15.4. The Bertz CT molecular complexity index is 1380. The molecule has 244 valence electrons. The van der Waals surface area contributed by atoms with Crippen LogP contribution in [0.1, 0.15) is 32.3 Å². The van der Waals surface area contributed by atoms with Gasteiger partial charge in [0, 0.05) is 35.3 Å². The predicted octanol–water partition coefficient (Wildman–Crippen LogP) is 3.27. The highest BCUT2D eigenvalue weighted by Crippen LogP contribution is 2.39. The second-order valence-corrected chi connectivity index (χ2v) is 12.5. The monoisotopic (exact) mass is 710 g/mol. The van der Waals surface area contributed by atoms with Crippen LogP contribution in [-0.2, 0) is 39.8 Å². The molecule has 2 saturated heterocycles. The number of nitrogens with zero attached hydrogens (tertiary/aromatic N) is 1. The van der Waals surface area contributed by atoms with Crippen LogP contribution in [0.4, 0.5) is 10.5 Å². The number of aliphatic carboxylic acids is 1. The standard InChI is InChI=1S/C30H36BrClN4O9/c1-30(2)44-26-25(42-3)24(43-28(26)45-30)20(14-22(33)37)35-27(40)21(15-23(38)39)36(13-12-16-4-6-17(31)7-5-16)29(41)34-19-10-8-18(32)9-11-19/h4-11,20-21,24-26,28H,12-15H2,1-3H3,(H2,33,37)(H,34,41)(H,35,40)(H,38,39)/t20-,21-,24-,25+,26-,28-/m0/s1. The molecule has 6 atom stereocenters. The van der Waals surface area contributed by atoms with Gasteiger partial charge < -0.3 is 45.3 Å². The van der Waals surface area contributed by atoms with Gasteiger partial charge in [-0.2, -0.15) is 0 Å². The van der Waals surface area contributed by atoms with Crippen molar-refractivity contribution >= 4 is 57.0 Å². The molecule has 4 amide bonds. The minimum absolute atomic E-state index is 0.0194. The summed E-state index contributed by atoms with van der Waals surface area (Å²) in [5, 5.41) is 15.7. The molecule has 0 saturated carbocycles. The SMILES string of the molecule is CO[C@H]1[C@@H]2OC(C)(C)O[C@@H]2O[C@H]1[C@H](CC(N)=O)NC(=O)[C@H](CC(=O)O)N(CCc1ccc(Br)cc1)C(=O)Nc1ccc(Cl)cc1. The molecular weight excluding hydrogens is 676 g/mol. The van der Waals surface area contributed by atoms with E-state index in [1.165, 1.54) is 7.11 Å². The van der Waals surface area contributed by atoms with Crippen molar-refractivity contribution < 1.29 is 43.2 Å². The minimum Gasteiger partial charge on any atom is -0.481 e. The van der Waals surface area contributed by atoms with Gasteiger partial charge in [-0.25, -0.2) is 4.79 Å². The smallest absolute Gasteiger partial charge is 0.322 e. The summed E-state index contributed by atoms with van der Waals surface area (Å²) in [4.78, 5) is 52.9. The number of ether oxygens (including phenoxy) is 4. The molecule has 2 heterocycles. The number of halogens is 2. The summed E-state index contributed by atoms with van der Waals surface area (Å²) in [7, 11) is 1.43. The van der Waals surface area contributed by atoms with E-state index >= 15 is 0 Å². The summed E-state index contributed by atoms with van der Waals surface area (Å²) < 4.78 is 24.3. The van der Waals surface area contributed by atoms with Crippen molar-refractivity contribution in [3.63, 3.8) is 0 Å². The highest BCUT2D eigenvalue weighted by molar-refractivity contribution is 9.10. The number of carboxylic acid groups (broad SMARTS) is 1. The molecule has 2 aromatic carbocycles. The third-order valence-corrected chi connectivity index (χ3v) is 8.18. The molecule has 45 heavy (non-hydrogen) atoms. The highest BCUT2D eigenvalue weighted by atomic mass is 79.9. The maximum absolute atomic E-state index is 13.9. The zero-order chi connectivity index (χ0) is 32.9. The number of anilines is 1. The quantitative estimate of drug-likeness (QED) is 0.243. The lowest BCUT2D eigenvalue weighted by molar-refractivity contribution is -0.220. The third-order valence-electron chi connectivity index (χ3n) is 7.40. The Morgan fingerprint density at radius 3 is 2.36 bits per heavy atom. The lowest BCUT2D eigenvalue weighted by atomic mass is 9.99. The van der Waals surface area contributed by atoms with Gasteiger partial charge in [-0.3, -0.25) is 14.4 Å². The van der Waals surface area contributed by atoms with E-state index in [9.17, 15) is 24.3 Å². The largest absolute Gasteiger partial charge is 0.481 e. The number of fused-ring (bicyclic) bond motifs is 1. The predicted molar refractivity (Wildman–Crippen MR) is 166 cm³/mol. The molecule has 4 rings (SSSR count). The van der Waals surface area contributed by atoms with Gasteiger partial charge in [-0.15, -0.1) is 0 Å². The number of primary amides is 1. The second-order valence-electron chi connectivity index (χ2n) is 11.2. The highest BCUT2D eigenvalue weighted by Gasteiger charge is 2.57. The van der Waals surface area contributed by atoms with E-state index in [0.29, 0.717) is 17.1 Å². The van der Waals surface area contributed by atoms with Gasteiger partial charge in [-0.05, 0) is 62.2 Å². The van der Waals surface area contributed by atoms with Gasteiger partial charge in [-0.1, -0.05) is 39.7 Å². The Hall–Kier alpha value is -3.27. The summed E-state index contributed by atoms with van der Waals surface area (Å²) in [6.07, 6.45) is -4.00. The molecule has 2 aliphatic heterocycles. The number of nitrogens with one attached hydrogen (secondary N) is 2. The van der Waals surface area contributed by atoms with Gasteiger partial charge >= 0.3 is 12.0 Å². The fourth-order valence-corrected chi connectivity index (χ4v) is 5.77. The molecule has 13 nitrogen and oxygen atoms in total. The van der Waals surface area contributed by atoms with Gasteiger partial charge in [0.2, 0.25) is 11.8 Å². The van der Waals surface area contributed by atoms with Gasteiger partial charge in [0.1, 0.15) is 24.4 Å². The number of benzene rings is 2. The Morgan fingerprint density at radius 2 is 1.76 bits per heavy atom. The summed E-state index contributed by atoms with van der Waals surface area (Å²) in [5.41, 5.74) is 6.77. The summed E-state index contributed by atoms with van der Waals surface area (Å²) in [6, 6.07) is 10.4. The first-order valence-electron chi connectivity index (χ1n) is 14.2. The Kier molecular flexibility index (Phi) is 11.4. The molecule has 2 aromatic rings. The maximum atomic E-state index is 13.9. The number of urea groups is 1. The average molecular weight is 712 g/mol. The fraction of sp³-hybridized carbons (Fsp3) is 0.467. The molecule has 5 N–H and O–H groups in total. The first-order chi connectivity index (χ1) is 21.3. The van der Waals surface area contributed by atoms with Crippen LogP contribution in [-0.4, -0.2) is 89.9 Å². The van der Waals surface area contributed by atoms with Crippen molar-refractivity contribution in [1.82, 2.24) is 10.2 Å². The number of rotatable bonds is 13. The molecule has 0 spiro atoms. The van der Waals surface area contributed by atoms with Crippen molar-refractivity contribution in [3.05, 3.63) is 63.6 Å². The summed E-state index contributed by atoms with van der Waals surface area (Å²) >= 11 is 9.37. The maximum Gasteiger partial charge on any atom is 0.322 e. The van der Waals surface area contributed by atoms with E-state index in [0.717, 1.165) is 14.9 Å². The number of nitrogens with two attached hydrogens (primary N) is 1. The number of methoxy groups -OCH3 is 1. The first kappa shape index (κ1) is 34.6. The zero-order valence-electron chi connectivity index (χ0n) is 24.9. The summed E-state index contributed by atoms with van der Waals surface area (Å²) in [6.45, 7) is 3.41. The van der Waals surface area contributed by atoms with Crippen LogP contribution >= 0.6 is 27.5 Å². The Labute approximate surface area is 273 Å². The molecule has 0 bridgehead atoms. The molecule has 2 fully saturated rings. The molecular formula is C30H36BrClN4O9. The third kappa shape index (κ3) is 9.15. The Balaban J connectivity index is 1.61. The molecule has 0 aliphatic carbocycles. The minimum atomic E-state index is -1.49. The zero-order valence-corrected chi connectivity index (χ0v) is 27.2. The van der Waals surface area contributed by atoms with Crippen molar-refractivity contribution in [2.45, 2.75) is 75.6 Å². The normalized spacial score (nSPS) is 23.0. The molecule has 0 aromatic heterocycles. The van der Waals surface area contributed by atoms with Gasteiger partial charge in [0.15, 0.2) is 12.1 Å². The topological polar surface area (TPSA) is 179 Å². The number of hydrogen-bond donors (Lipinski definition) is 4. The number of carbonyl (C=O) groups is 4. The van der Waals surface area contributed by atoms with Crippen LogP contribution in [0.5, 0.6) is 0 Å². The van der Waals surface area contributed by atoms with E-state index < -0.39 is 72.7 Å².